The van der Waals surface area contributed by atoms with E-state index in [1.807, 2.05) is 0 Å². The van der Waals surface area contributed by atoms with Gasteiger partial charge in [-0.25, -0.2) is 0 Å². The molecule has 244 valence electrons. The third-order valence-electron chi connectivity index (χ3n) is 10.8. The number of rotatable bonds is 13. The maximum absolute atomic E-state index is 13.1. The Morgan fingerprint density at radius 2 is 1.60 bits per heavy atom. The number of aliphatic hydroxyl groups excluding tert-OH is 2. The molecule has 0 spiro atoms. The molecule has 0 bridgehead atoms. The first kappa shape index (κ1) is 37.4. The Kier molecular flexibility index (Phi) is 15.3. The summed E-state index contributed by atoms with van der Waals surface area (Å²) in [7, 11) is 0. The minimum absolute atomic E-state index is 0.0577. The number of fused-ring (bicyclic) bond motifs is 1. The molecule has 3 aliphatic rings. The third kappa shape index (κ3) is 10.1. The summed E-state index contributed by atoms with van der Waals surface area (Å²) in [5, 5.41) is 20.4. The molecule has 4 heteroatoms. The third-order valence-corrected chi connectivity index (χ3v) is 10.8. The van der Waals surface area contributed by atoms with Gasteiger partial charge in [0, 0.05) is 6.42 Å². The summed E-state index contributed by atoms with van der Waals surface area (Å²) >= 11 is 0. The molecule has 0 heterocycles. The van der Waals surface area contributed by atoms with Gasteiger partial charge in [0.05, 0.1) is 17.6 Å². The Balaban J connectivity index is 0.00000119. The minimum Gasteiger partial charge on any atom is -0.388 e. The topological polar surface area (TPSA) is 74.6 Å². The number of ketones is 2. The molecule has 0 saturated heterocycles. The van der Waals surface area contributed by atoms with Crippen molar-refractivity contribution in [3.8, 4) is 0 Å². The Hall–Kier alpha value is -1.78. The summed E-state index contributed by atoms with van der Waals surface area (Å²) in [5.41, 5.74) is 2.35. The number of allylic oxidation sites excluding steroid dienone is 5. The molecule has 43 heavy (non-hydrogen) atoms. The van der Waals surface area contributed by atoms with Crippen molar-refractivity contribution in [2.45, 2.75) is 157 Å². The molecule has 3 fully saturated rings. The van der Waals surface area contributed by atoms with Crippen LogP contribution in [0.4, 0.5) is 0 Å². The number of aliphatic hydroxyl groups is 2. The smallest absolute Gasteiger partial charge is 0.168 e. The fourth-order valence-corrected chi connectivity index (χ4v) is 7.67. The first-order valence-corrected chi connectivity index (χ1v) is 17.5. The monoisotopic (exact) mass is 596 g/mol. The van der Waals surface area contributed by atoms with E-state index in [0.29, 0.717) is 36.7 Å². The van der Waals surface area contributed by atoms with Crippen molar-refractivity contribution in [2.24, 2.45) is 28.6 Å². The second-order valence-corrected chi connectivity index (χ2v) is 14.5. The normalized spacial score (nSPS) is 30.3. The fraction of sp³-hybridized carbons (Fsp3) is 0.744. The highest BCUT2D eigenvalue weighted by atomic mass is 16.3. The van der Waals surface area contributed by atoms with Gasteiger partial charge in [0.2, 0.25) is 0 Å². The summed E-state index contributed by atoms with van der Waals surface area (Å²) < 4.78 is 0. The van der Waals surface area contributed by atoms with E-state index in [9.17, 15) is 19.8 Å². The lowest BCUT2D eigenvalue weighted by atomic mass is 9.61. The van der Waals surface area contributed by atoms with E-state index >= 15 is 0 Å². The highest BCUT2D eigenvalue weighted by Gasteiger charge is 2.50. The molecule has 6 atom stereocenters. The van der Waals surface area contributed by atoms with Gasteiger partial charge in [-0.2, -0.15) is 0 Å². The Bertz CT molecular complexity index is 996. The maximum Gasteiger partial charge on any atom is 0.168 e. The number of hydrogen-bond acceptors (Lipinski definition) is 4. The predicted molar refractivity (Wildman–Crippen MR) is 181 cm³/mol. The van der Waals surface area contributed by atoms with Crippen LogP contribution >= 0.6 is 0 Å². The zero-order valence-electron chi connectivity index (χ0n) is 28.7. The average molecular weight is 597 g/mol. The molecule has 3 saturated carbocycles. The number of Topliss-reactive ketones (excluding diaryl/α,β-unsaturated/α-hetero) is 1. The lowest BCUT2D eigenvalue weighted by Gasteiger charge is -2.44. The number of carbonyl (C=O) groups excluding carboxylic acids is 2. The SMILES string of the molecule is C=C1C(O)CC(=C/C=C2\CCCC3(C)[C@@H]([C@H](C)/C=C/C(=O)C(C)(C)C(=O)CCCCCC)CC[C@@H]23)C[C@H]1O.CCCCC. The first-order chi connectivity index (χ1) is 20.3. The van der Waals surface area contributed by atoms with Crippen LogP contribution < -0.4 is 0 Å². The number of hydrogen-bond donors (Lipinski definition) is 2. The molecule has 2 unspecified atom stereocenters. The van der Waals surface area contributed by atoms with Crippen LogP contribution in [0.1, 0.15) is 145 Å². The molecule has 0 aromatic heterocycles. The molecule has 0 aromatic rings. The molecule has 3 aliphatic carbocycles. The molecule has 4 nitrogen and oxygen atoms in total. The molecular weight excluding hydrogens is 532 g/mol. The summed E-state index contributed by atoms with van der Waals surface area (Å²) in [6, 6.07) is 0. The van der Waals surface area contributed by atoms with Crippen LogP contribution in [0.25, 0.3) is 0 Å². The van der Waals surface area contributed by atoms with Gasteiger partial charge in [-0.05, 0) is 100 Å². The van der Waals surface area contributed by atoms with Gasteiger partial charge in [0.15, 0.2) is 5.78 Å². The zero-order chi connectivity index (χ0) is 32.2. The molecule has 0 aromatic carbocycles. The quantitative estimate of drug-likeness (QED) is 0.0960. The van der Waals surface area contributed by atoms with Crippen molar-refractivity contribution in [2.75, 3.05) is 0 Å². The lowest BCUT2D eigenvalue weighted by molar-refractivity contribution is -0.136. The molecule has 0 aliphatic heterocycles. The average Bonchev–Trinajstić information content (AvgIpc) is 3.33. The van der Waals surface area contributed by atoms with Crippen molar-refractivity contribution in [3.63, 3.8) is 0 Å². The van der Waals surface area contributed by atoms with Crippen LogP contribution in [-0.2, 0) is 9.59 Å². The van der Waals surface area contributed by atoms with Crippen LogP contribution in [0.3, 0.4) is 0 Å². The second-order valence-electron chi connectivity index (χ2n) is 14.5. The van der Waals surface area contributed by atoms with E-state index in [1.54, 1.807) is 19.9 Å². The van der Waals surface area contributed by atoms with Gasteiger partial charge >= 0.3 is 0 Å². The van der Waals surface area contributed by atoms with Crippen molar-refractivity contribution >= 4 is 11.6 Å². The minimum atomic E-state index is -0.953. The van der Waals surface area contributed by atoms with E-state index in [-0.39, 0.29) is 22.9 Å². The van der Waals surface area contributed by atoms with Gasteiger partial charge in [0.1, 0.15) is 5.78 Å². The largest absolute Gasteiger partial charge is 0.388 e. The van der Waals surface area contributed by atoms with Crippen molar-refractivity contribution < 1.29 is 19.8 Å². The molecule has 0 amide bonds. The molecule has 0 radical (unpaired) electrons. The van der Waals surface area contributed by atoms with Crippen molar-refractivity contribution in [1.82, 2.24) is 0 Å². The summed E-state index contributed by atoms with van der Waals surface area (Å²) in [4.78, 5) is 25.8. The van der Waals surface area contributed by atoms with Crippen molar-refractivity contribution in [3.05, 3.63) is 47.6 Å². The summed E-state index contributed by atoms with van der Waals surface area (Å²) in [5.74, 6) is 1.29. The van der Waals surface area contributed by atoms with E-state index in [1.165, 1.54) is 31.3 Å². The Morgan fingerprint density at radius 1 is 0.977 bits per heavy atom. The van der Waals surface area contributed by atoms with Gasteiger partial charge < -0.3 is 10.2 Å². The van der Waals surface area contributed by atoms with E-state index in [2.05, 4.69) is 59.4 Å². The molecule has 2 N–H and O–H groups in total. The van der Waals surface area contributed by atoms with Gasteiger partial charge in [-0.3, -0.25) is 9.59 Å². The standard InChI is InChI=1S/C34H52O4.C5H12/c1-7-8-9-10-13-31(37)33(4,5)32(38)19-14-23(2)27-17-18-28-26(12-11-20-34(27,28)6)16-15-25-21-29(35)24(3)30(36)22-25;1-3-5-4-2/h14-16,19,23,27-30,35-36H,3,7-13,17-18,20-22H2,1-2,4-6H3;3-5H2,1-2H3/b19-14+,25-15?,26-16+;/t23-,27-,28+,29-,30?,34?;/m1./s1. The van der Waals surface area contributed by atoms with E-state index in [0.717, 1.165) is 56.9 Å². The molecule has 3 rings (SSSR count). The first-order valence-electron chi connectivity index (χ1n) is 17.5. The highest BCUT2D eigenvalue weighted by Crippen LogP contribution is 2.59. The number of unbranched alkanes of at least 4 members (excludes halogenated alkanes) is 5. The van der Waals surface area contributed by atoms with Gasteiger partial charge in [-0.15, -0.1) is 0 Å². The van der Waals surface area contributed by atoms with Gasteiger partial charge in [-0.1, -0.05) is 109 Å². The van der Waals surface area contributed by atoms with Crippen LogP contribution in [0.5, 0.6) is 0 Å². The van der Waals surface area contributed by atoms with Crippen LogP contribution in [0, 0.1) is 28.6 Å². The van der Waals surface area contributed by atoms with Crippen molar-refractivity contribution in [1.29, 1.82) is 0 Å². The predicted octanol–water partition coefficient (Wildman–Crippen LogP) is 9.65. The Labute approximate surface area is 264 Å². The fourth-order valence-electron chi connectivity index (χ4n) is 7.67. The zero-order valence-corrected chi connectivity index (χ0v) is 28.7. The van der Waals surface area contributed by atoms with Crippen LogP contribution in [0.15, 0.2) is 47.6 Å². The van der Waals surface area contributed by atoms with E-state index < -0.39 is 17.6 Å². The Morgan fingerprint density at radius 3 is 2.19 bits per heavy atom. The second kappa shape index (κ2) is 17.6. The summed E-state index contributed by atoms with van der Waals surface area (Å²) in [6.45, 7) is 18.6. The van der Waals surface area contributed by atoms with E-state index in [4.69, 9.17) is 0 Å². The van der Waals surface area contributed by atoms with Crippen LogP contribution in [0.2, 0.25) is 0 Å². The number of carbonyl (C=O) groups is 2. The van der Waals surface area contributed by atoms with Crippen LogP contribution in [-0.4, -0.2) is 34.0 Å². The molecular formula is C39H64O4. The highest BCUT2D eigenvalue weighted by molar-refractivity contribution is 6.10. The summed E-state index contributed by atoms with van der Waals surface area (Å²) in [6.07, 6.45) is 22.5. The lowest BCUT2D eigenvalue weighted by Crippen LogP contribution is -2.36. The maximum atomic E-state index is 13.1. The van der Waals surface area contributed by atoms with Gasteiger partial charge in [0.25, 0.3) is 0 Å².